The molecular weight excluding hydrogens is 412 g/mol. The lowest BCUT2D eigenvalue weighted by atomic mass is 10.0. The first-order chi connectivity index (χ1) is 15.3. The lowest BCUT2D eigenvalue weighted by Gasteiger charge is -2.16. The van der Waals surface area contributed by atoms with E-state index in [9.17, 15) is 14.4 Å². The van der Waals surface area contributed by atoms with Crippen LogP contribution in [-0.4, -0.2) is 41.6 Å². The standard InChI is InChI=1S/C24H24N2O6/c1-4-5-18-10-17(11-19-23(29)26(13-21(27)28)24(30)25-19)12-20(31-3)22(18)32-14-16-8-6-15(2)7-9-16/h4,6-12H,1,5,13-14H2,2-3H3,(H,25,30)(H,27,28)/b19-11+. The molecule has 1 saturated heterocycles. The van der Waals surface area contributed by atoms with Gasteiger partial charge in [0, 0.05) is 5.56 Å². The van der Waals surface area contributed by atoms with Crippen molar-refractivity contribution >= 4 is 24.0 Å². The number of rotatable bonds is 9. The van der Waals surface area contributed by atoms with E-state index >= 15 is 0 Å². The van der Waals surface area contributed by atoms with Gasteiger partial charge in [-0.25, -0.2) is 9.69 Å². The number of nitrogens with one attached hydrogen (secondary N) is 1. The fourth-order valence-electron chi connectivity index (χ4n) is 3.25. The summed E-state index contributed by atoms with van der Waals surface area (Å²) in [5.41, 5.74) is 3.52. The van der Waals surface area contributed by atoms with Gasteiger partial charge in [0.2, 0.25) is 0 Å². The van der Waals surface area contributed by atoms with Gasteiger partial charge in [-0.15, -0.1) is 6.58 Å². The van der Waals surface area contributed by atoms with Crippen molar-refractivity contribution in [3.8, 4) is 11.5 Å². The number of carbonyl (C=O) groups is 3. The van der Waals surface area contributed by atoms with E-state index < -0.39 is 24.5 Å². The van der Waals surface area contributed by atoms with Gasteiger partial charge in [0.15, 0.2) is 11.5 Å². The molecule has 8 nitrogen and oxygen atoms in total. The topological polar surface area (TPSA) is 105 Å². The highest BCUT2D eigenvalue weighted by atomic mass is 16.5. The Balaban J connectivity index is 1.90. The van der Waals surface area contributed by atoms with Crippen LogP contribution in [0, 0.1) is 6.92 Å². The molecule has 0 bridgehead atoms. The predicted octanol–water partition coefficient (Wildman–Crippen LogP) is 3.29. The van der Waals surface area contributed by atoms with Crippen LogP contribution >= 0.6 is 0 Å². The fourth-order valence-corrected chi connectivity index (χ4v) is 3.25. The Kier molecular flexibility index (Phi) is 6.94. The van der Waals surface area contributed by atoms with Gasteiger partial charge in [0.05, 0.1) is 7.11 Å². The summed E-state index contributed by atoms with van der Waals surface area (Å²) in [6.45, 7) is 5.44. The summed E-state index contributed by atoms with van der Waals surface area (Å²) in [6.07, 6.45) is 3.69. The molecule has 0 aliphatic carbocycles. The van der Waals surface area contributed by atoms with Gasteiger partial charge in [0.25, 0.3) is 5.91 Å². The largest absolute Gasteiger partial charge is 0.493 e. The third-order valence-corrected chi connectivity index (χ3v) is 4.81. The van der Waals surface area contributed by atoms with Crippen LogP contribution < -0.4 is 14.8 Å². The average molecular weight is 436 g/mol. The van der Waals surface area contributed by atoms with Crippen LogP contribution in [0.1, 0.15) is 22.3 Å². The first-order valence-corrected chi connectivity index (χ1v) is 9.89. The van der Waals surface area contributed by atoms with E-state index in [2.05, 4.69) is 11.9 Å². The zero-order chi connectivity index (χ0) is 23.3. The molecule has 3 rings (SSSR count). The van der Waals surface area contributed by atoms with Crippen LogP contribution in [0.3, 0.4) is 0 Å². The minimum atomic E-state index is -1.28. The number of benzene rings is 2. The Labute approximate surface area is 185 Å². The molecule has 0 saturated carbocycles. The van der Waals surface area contributed by atoms with Gasteiger partial charge in [-0.05, 0) is 42.7 Å². The van der Waals surface area contributed by atoms with Crippen LogP contribution in [-0.2, 0) is 22.6 Å². The number of carboxylic acid groups (broad SMARTS) is 1. The minimum absolute atomic E-state index is 0.0174. The number of ether oxygens (including phenoxy) is 2. The monoisotopic (exact) mass is 436 g/mol. The van der Waals surface area contributed by atoms with Gasteiger partial charge in [-0.1, -0.05) is 35.9 Å². The Hall–Kier alpha value is -4.07. The lowest BCUT2D eigenvalue weighted by Crippen LogP contribution is -2.35. The molecular formula is C24H24N2O6. The van der Waals surface area contributed by atoms with Crippen molar-refractivity contribution in [2.24, 2.45) is 0 Å². The predicted molar refractivity (Wildman–Crippen MR) is 118 cm³/mol. The molecule has 32 heavy (non-hydrogen) atoms. The molecule has 166 valence electrons. The number of carbonyl (C=O) groups excluding carboxylic acids is 2. The number of methoxy groups -OCH3 is 1. The smallest absolute Gasteiger partial charge is 0.329 e. The molecule has 0 unspecified atom stereocenters. The van der Waals surface area contributed by atoms with Crippen LogP contribution in [0.2, 0.25) is 0 Å². The number of allylic oxidation sites excluding steroid dienone is 1. The summed E-state index contributed by atoms with van der Waals surface area (Å²) in [7, 11) is 1.51. The number of hydrogen-bond donors (Lipinski definition) is 2. The maximum atomic E-state index is 12.4. The molecule has 1 fully saturated rings. The highest BCUT2D eigenvalue weighted by Gasteiger charge is 2.34. The van der Waals surface area contributed by atoms with E-state index in [1.165, 1.54) is 13.2 Å². The number of nitrogens with zero attached hydrogens (tertiary/aromatic N) is 1. The van der Waals surface area contributed by atoms with Crippen molar-refractivity contribution in [2.75, 3.05) is 13.7 Å². The second kappa shape index (κ2) is 9.82. The fraction of sp³-hybridized carbons (Fsp3) is 0.208. The number of carboxylic acids is 1. The van der Waals surface area contributed by atoms with E-state index in [0.29, 0.717) is 35.0 Å². The zero-order valence-corrected chi connectivity index (χ0v) is 17.9. The van der Waals surface area contributed by atoms with Gasteiger partial charge < -0.3 is 19.9 Å². The number of aliphatic carboxylic acids is 1. The van der Waals surface area contributed by atoms with Crippen molar-refractivity contribution in [3.63, 3.8) is 0 Å². The van der Waals surface area contributed by atoms with Crippen molar-refractivity contribution in [3.05, 3.63) is 77.0 Å². The molecule has 1 heterocycles. The quantitative estimate of drug-likeness (QED) is 0.355. The highest BCUT2D eigenvalue weighted by molar-refractivity contribution is 6.15. The second-order valence-electron chi connectivity index (χ2n) is 7.25. The van der Waals surface area contributed by atoms with Crippen molar-refractivity contribution in [1.29, 1.82) is 0 Å². The Morgan fingerprint density at radius 1 is 1.22 bits per heavy atom. The Bertz CT molecular complexity index is 1090. The zero-order valence-electron chi connectivity index (χ0n) is 17.9. The number of aryl methyl sites for hydroxylation is 1. The molecule has 0 atom stereocenters. The minimum Gasteiger partial charge on any atom is -0.493 e. The van der Waals surface area contributed by atoms with E-state index in [-0.39, 0.29) is 5.70 Å². The van der Waals surface area contributed by atoms with Crippen molar-refractivity contribution in [2.45, 2.75) is 20.0 Å². The number of amides is 3. The third-order valence-electron chi connectivity index (χ3n) is 4.81. The van der Waals surface area contributed by atoms with Gasteiger partial charge >= 0.3 is 12.0 Å². The normalized spacial score (nSPS) is 14.4. The summed E-state index contributed by atoms with van der Waals surface area (Å²) in [5.74, 6) is -0.965. The molecule has 8 heteroatoms. The summed E-state index contributed by atoms with van der Waals surface area (Å²) in [6, 6.07) is 10.7. The van der Waals surface area contributed by atoms with Gasteiger partial charge in [-0.2, -0.15) is 0 Å². The summed E-state index contributed by atoms with van der Waals surface area (Å²) in [5, 5.41) is 11.3. The molecule has 3 amide bonds. The highest BCUT2D eigenvalue weighted by Crippen LogP contribution is 2.35. The summed E-state index contributed by atoms with van der Waals surface area (Å²) < 4.78 is 11.6. The Morgan fingerprint density at radius 3 is 2.56 bits per heavy atom. The molecule has 1 aliphatic rings. The Morgan fingerprint density at radius 2 is 1.94 bits per heavy atom. The maximum Gasteiger partial charge on any atom is 0.329 e. The molecule has 1 aliphatic heterocycles. The van der Waals surface area contributed by atoms with Gasteiger partial charge in [-0.3, -0.25) is 9.59 Å². The number of imide groups is 1. The average Bonchev–Trinajstić information content (AvgIpc) is 3.01. The SMILES string of the molecule is C=CCc1cc(/C=C2/NC(=O)N(CC(=O)O)C2=O)cc(OC)c1OCc1ccc(C)cc1. The van der Waals surface area contributed by atoms with Crippen LogP contribution in [0.5, 0.6) is 11.5 Å². The van der Waals surface area contributed by atoms with Crippen molar-refractivity contribution in [1.82, 2.24) is 10.2 Å². The van der Waals surface area contributed by atoms with Crippen molar-refractivity contribution < 1.29 is 29.0 Å². The number of hydrogen-bond acceptors (Lipinski definition) is 5. The third kappa shape index (κ3) is 5.15. The molecule has 0 aromatic heterocycles. The second-order valence-corrected chi connectivity index (χ2v) is 7.25. The van der Waals surface area contributed by atoms with Gasteiger partial charge in [0.1, 0.15) is 18.8 Å². The first-order valence-electron chi connectivity index (χ1n) is 9.89. The first kappa shape index (κ1) is 22.6. The van der Waals surface area contributed by atoms with Crippen LogP contribution in [0.25, 0.3) is 6.08 Å². The lowest BCUT2D eigenvalue weighted by molar-refractivity contribution is -0.140. The van der Waals surface area contributed by atoms with Crippen LogP contribution in [0.4, 0.5) is 4.79 Å². The molecule has 0 radical (unpaired) electrons. The molecule has 0 spiro atoms. The van der Waals surface area contributed by atoms with E-state index in [0.717, 1.165) is 16.7 Å². The number of urea groups is 1. The summed E-state index contributed by atoms with van der Waals surface area (Å²) in [4.78, 5) is 35.9. The maximum absolute atomic E-state index is 12.4. The van der Waals surface area contributed by atoms with E-state index in [1.54, 1.807) is 18.2 Å². The van der Waals surface area contributed by atoms with Crippen LogP contribution in [0.15, 0.2) is 54.8 Å². The van der Waals surface area contributed by atoms with E-state index in [4.69, 9.17) is 14.6 Å². The molecule has 2 aromatic carbocycles. The molecule has 2 N–H and O–H groups in total. The molecule has 2 aromatic rings. The summed E-state index contributed by atoms with van der Waals surface area (Å²) >= 11 is 0. The van der Waals surface area contributed by atoms with E-state index in [1.807, 2.05) is 31.2 Å².